The van der Waals surface area contributed by atoms with Gasteiger partial charge in [-0.3, -0.25) is 0 Å². The molecule has 0 bridgehead atoms. The van der Waals surface area contributed by atoms with Gasteiger partial charge in [-0.2, -0.15) is 0 Å². The Morgan fingerprint density at radius 2 is 2.15 bits per heavy atom. The molecule has 1 aromatic heterocycles. The zero-order valence-electron chi connectivity index (χ0n) is 13.3. The van der Waals surface area contributed by atoms with Crippen molar-refractivity contribution < 1.29 is 0 Å². The summed E-state index contributed by atoms with van der Waals surface area (Å²) in [5.74, 6) is 2.11. The molecule has 0 aromatic carbocycles. The Morgan fingerprint density at radius 1 is 1.30 bits per heavy atom. The van der Waals surface area contributed by atoms with Crippen molar-refractivity contribution in [2.75, 3.05) is 24.5 Å². The second-order valence-corrected chi connectivity index (χ2v) is 5.96. The zero-order valence-corrected chi connectivity index (χ0v) is 13.3. The van der Waals surface area contributed by atoms with Gasteiger partial charge in [-0.05, 0) is 55.8 Å². The van der Waals surface area contributed by atoms with Crippen LogP contribution in [0.25, 0.3) is 0 Å². The predicted molar refractivity (Wildman–Crippen MR) is 86.2 cm³/mol. The van der Waals surface area contributed by atoms with Crippen LogP contribution in [0.1, 0.15) is 50.7 Å². The maximum Gasteiger partial charge on any atom is 0.131 e. The van der Waals surface area contributed by atoms with Gasteiger partial charge in [0.05, 0.1) is 0 Å². The molecule has 0 radical (unpaired) electrons. The summed E-state index contributed by atoms with van der Waals surface area (Å²) >= 11 is 0. The summed E-state index contributed by atoms with van der Waals surface area (Å²) in [6.07, 6.45) is 7.36. The fourth-order valence-electron chi connectivity index (χ4n) is 3.11. The quantitative estimate of drug-likeness (QED) is 0.891. The van der Waals surface area contributed by atoms with Gasteiger partial charge in [0.15, 0.2) is 0 Å². The first-order valence-electron chi connectivity index (χ1n) is 8.15. The Morgan fingerprint density at radius 3 is 2.85 bits per heavy atom. The first kappa shape index (κ1) is 15.3. The van der Waals surface area contributed by atoms with Gasteiger partial charge in [0, 0.05) is 25.8 Å². The van der Waals surface area contributed by atoms with E-state index in [1.165, 1.54) is 49.2 Å². The number of aromatic nitrogens is 1. The molecule has 1 saturated heterocycles. The van der Waals surface area contributed by atoms with Crippen LogP contribution in [0.5, 0.6) is 0 Å². The molecule has 2 heterocycles. The number of anilines is 1. The molecule has 0 aliphatic carbocycles. The SMILES string of the molecule is CCNCc1cnc(N2CCCC(CC)CC2)c(C)c1. The second-order valence-electron chi connectivity index (χ2n) is 5.96. The minimum Gasteiger partial charge on any atom is -0.356 e. The number of aryl methyl sites for hydroxylation is 1. The summed E-state index contributed by atoms with van der Waals surface area (Å²) < 4.78 is 0. The Hall–Kier alpha value is -1.09. The summed E-state index contributed by atoms with van der Waals surface area (Å²) in [6.45, 7) is 10.9. The van der Waals surface area contributed by atoms with Gasteiger partial charge < -0.3 is 10.2 Å². The van der Waals surface area contributed by atoms with E-state index in [4.69, 9.17) is 4.98 Å². The highest BCUT2D eigenvalue weighted by Gasteiger charge is 2.18. The summed E-state index contributed by atoms with van der Waals surface area (Å²) in [5.41, 5.74) is 2.60. The van der Waals surface area contributed by atoms with Gasteiger partial charge in [0.1, 0.15) is 5.82 Å². The molecule has 2 rings (SSSR count). The zero-order chi connectivity index (χ0) is 14.4. The third kappa shape index (κ3) is 3.95. The Balaban J connectivity index is 2.04. The summed E-state index contributed by atoms with van der Waals surface area (Å²) in [4.78, 5) is 7.22. The molecule has 1 aliphatic heterocycles. The molecular formula is C17H29N3. The van der Waals surface area contributed by atoms with E-state index >= 15 is 0 Å². The Labute approximate surface area is 123 Å². The molecule has 1 aromatic rings. The highest BCUT2D eigenvalue weighted by atomic mass is 15.2. The van der Waals surface area contributed by atoms with Crippen molar-refractivity contribution in [1.29, 1.82) is 0 Å². The number of pyridine rings is 1. The minimum absolute atomic E-state index is 0.910. The van der Waals surface area contributed by atoms with Crippen molar-refractivity contribution in [3.05, 3.63) is 23.4 Å². The monoisotopic (exact) mass is 275 g/mol. The van der Waals surface area contributed by atoms with E-state index in [1.807, 2.05) is 6.20 Å². The molecule has 3 nitrogen and oxygen atoms in total. The van der Waals surface area contributed by atoms with E-state index in [0.29, 0.717) is 0 Å². The Bertz CT molecular complexity index is 417. The molecule has 1 aliphatic rings. The molecular weight excluding hydrogens is 246 g/mol. The van der Waals surface area contributed by atoms with Crippen molar-refractivity contribution in [1.82, 2.24) is 10.3 Å². The average Bonchev–Trinajstić information content (AvgIpc) is 2.70. The molecule has 3 heteroatoms. The maximum absolute atomic E-state index is 4.73. The first-order chi connectivity index (χ1) is 9.74. The van der Waals surface area contributed by atoms with Crippen LogP contribution >= 0.6 is 0 Å². The van der Waals surface area contributed by atoms with Crippen LogP contribution in [0, 0.1) is 12.8 Å². The van der Waals surface area contributed by atoms with E-state index in [9.17, 15) is 0 Å². The van der Waals surface area contributed by atoms with Gasteiger partial charge in [-0.25, -0.2) is 4.98 Å². The average molecular weight is 275 g/mol. The van der Waals surface area contributed by atoms with E-state index in [2.05, 4.69) is 37.1 Å². The molecule has 0 saturated carbocycles. The lowest BCUT2D eigenvalue weighted by molar-refractivity contribution is 0.459. The highest BCUT2D eigenvalue weighted by Crippen LogP contribution is 2.25. The van der Waals surface area contributed by atoms with Crippen LogP contribution in [-0.2, 0) is 6.54 Å². The predicted octanol–water partition coefficient (Wildman–Crippen LogP) is 3.52. The number of nitrogens with one attached hydrogen (secondary N) is 1. The molecule has 112 valence electrons. The number of rotatable bonds is 5. The normalized spacial score (nSPS) is 19.9. The number of hydrogen-bond acceptors (Lipinski definition) is 3. The molecule has 1 atom stereocenters. The molecule has 1 N–H and O–H groups in total. The molecule has 1 fully saturated rings. The van der Waals surface area contributed by atoms with E-state index < -0.39 is 0 Å². The van der Waals surface area contributed by atoms with Crippen molar-refractivity contribution in [3.63, 3.8) is 0 Å². The summed E-state index contributed by atoms with van der Waals surface area (Å²) in [7, 11) is 0. The molecule has 0 spiro atoms. The van der Waals surface area contributed by atoms with Gasteiger partial charge in [0.25, 0.3) is 0 Å². The lowest BCUT2D eigenvalue weighted by Crippen LogP contribution is -2.26. The van der Waals surface area contributed by atoms with Gasteiger partial charge >= 0.3 is 0 Å². The lowest BCUT2D eigenvalue weighted by atomic mass is 9.98. The van der Waals surface area contributed by atoms with Crippen molar-refractivity contribution in [2.45, 2.75) is 53.0 Å². The van der Waals surface area contributed by atoms with Crippen molar-refractivity contribution in [3.8, 4) is 0 Å². The number of nitrogens with zero attached hydrogens (tertiary/aromatic N) is 2. The van der Waals surface area contributed by atoms with E-state index in [-0.39, 0.29) is 0 Å². The second kappa shape index (κ2) is 7.63. The third-order valence-corrected chi connectivity index (χ3v) is 4.41. The van der Waals surface area contributed by atoms with Crippen LogP contribution in [0.4, 0.5) is 5.82 Å². The van der Waals surface area contributed by atoms with Gasteiger partial charge in [-0.15, -0.1) is 0 Å². The molecule has 1 unspecified atom stereocenters. The maximum atomic E-state index is 4.73. The largest absolute Gasteiger partial charge is 0.356 e. The summed E-state index contributed by atoms with van der Waals surface area (Å²) in [5, 5.41) is 3.36. The Kier molecular flexibility index (Phi) is 5.84. The topological polar surface area (TPSA) is 28.2 Å². The van der Waals surface area contributed by atoms with Gasteiger partial charge in [0.2, 0.25) is 0 Å². The van der Waals surface area contributed by atoms with Crippen LogP contribution in [-0.4, -0.2) is 24.6 Å². The van der Waals surface area contributed by atoms with Gasteiger partial charge in [-0.1, -0.05) is 20.3 Å². The van der Waals surface area contributed by atoms with Crippen molar-refractivity contribution in [2.24, 2.45) is 5.92 Å². The van der Waals surface area contributed by atoms with E-state index in [1.54, 1.807) is 0 Å². The summed E-state index contributed by atoms with van der Waals surface area (Å²) in [6, 6.07) is 2.28. The van der Waals surface area contributed by atoms with Crippen LogP contribution < -0.4 is 10.2 Å². The third-order valence-electron chi connectivity index (χ3n) is 4.41. The van der Waals surface area contributed by atoms with Crippen LogP contribution in [0.15, 0.2) is 12.3 Å². The molecule has 20 heavy (non-hydrogen) atoms. The molecule has 0 amide bonds. The van der Waals surface area contributed by atoms with E-state index in [0.717, 1.165) is 25.6 Å². The highest BCUT2D eigenvalue weighted by molar-refractivity contribution is 5.47. The lowest BCUT2D eigenvalue weighted by Gasteiger charge is -2.24. The standard InChI is InChI=1S/C17H29N3/c1-4-15-7-6-9-20(10-8-15)17-14(3)11-16(13-19-17)12-18-5-2/h11,13,15,18H,4-10,12H2,1-3H3. The van der Waals surface area contributed by atoms with Crippen LogP contribution in [0.3, 0.4) is 0 Å². The fraction of sp³-hybridized carbons (Fsp3) is 0.706. The smallest absolute Gasteiger partial charge is 0.131 e. The van der Waals surface area contributed by atoms with Crippen LogP contribution in [0.2, 0.25) is 0 Å². The fourth-order valence-corrected chi connectivity index (χ4v) is 3.11. The first-order valence-corrected chi connectivity index (χ1v) is 8.15. The van der Waals surface area contributed by atoms with Crippen molar-refractivity contribution >= 4 is 5.82 Å². The number of hydrogen-bond donors (Lipinski definition) is 1. The minimum atomic E-state index is 0.910.